The summed E-state index contributed by atoms with van der Waals surface area (Å²) in [7, 11) is 0. The van der Waals surface area contributed by atoms with Crippen LogP contribution in [0, 0.1) is 6.92 Å². The maximum Gasteiger partial charge on any atom is 0.295 e. The number of carbonyl (C=O) groups is 2. The number of hydrogen-bond donors (Lipinski definition) is 1. The quantitative estimate of drug-likeness (QED) is 0.412. The number of nitrogens with zero attached hydrogens (tertiary/aromatic N) is 1. The fourth-order valence-electron chi connectivity index (χ4n) is 3.99. The van der Waals surface area contributed by atoms with Gasteiger partial charge in [0.2, 0.25) is 0 Å². The molecule has 2 aromatic carbocycles. The van der Waals surface area contributed by atoms with Crippen molar-refractivity contribution in [3.8, 4) is 0 Å². The van der Waals surface area contributed by atoms with Gasteiger partial charge in [0, 0.05) is 28.8 Å². The summed E-state index contributed by atoms with van der Waals surface area (Å²) in [5, 5.41) is 11.8. The van der Waals surface area contributed by atoms with Gasteiger partial charge >= 0.3 is 0 Å². The summed E-state index contributed by atoms with van der Waals surface area (Å²) in [6.07, 6.45) is 1.56. The first-order valence-corrected chi connectivity index (χ1v) is 10.5. The molecule has 0 bridgehead atoms. The van der Waals surface area contributed by atoms with Gasteiger partial charge in [-0.25, -0.2) is 0 Å². The number of hydrogen-bond acceptors (Lipinski definition) is 4. The number of Topliss-reactive ketones (excluding diaryl/α,β-unsaturated/α-hetero) is 1. The Bertz CT molecular complexity index is 1030. The van der Waals surface area contributed by atoms with Crippen LogP contribution in [0.1, 0.15) is 35.6 Å². The van der Waals surface area contributed by atoms with Crippen molar-refractivity contribution < 1.29 is 19.4 Å². The molecule has 4 rings (SSSR count). The smallest absolute Gasteiger partial charge is 0.295 e. The molecule has 30 heavy (non-hydrogen) atoms. The highest BCUT2D eigenvalue weighted by Gasteiger charge is 2.47. The summed E-state index contributed by atoms with van der Waals surface area (Å²) < 4.78 is 5.69. The molecular weight excluding hydrogens is 425 g/mol. The Morgan fingerprint density at radius 1 is 1.17 bits per heavy atom. The Morgan fingerprint density at radius 3 is 2.53 bits per heavy atom. The van der Waals surface area contributed by atoms with Gasteiger partial charge in [-0.3, -0.25) is 9.59 Å². The van der Waals surface area contributed by atoms with Gasteiger partial charge < -0.3 is 14.7 Å². The highest BCUT2D eigenvalue weighted by Crippen LogP contribution is 2.42. The number of halogens is 2. The summed E-state index contributed by atoms with van der Waals surface area (Å²) in [5.41, 5.74) is 2.03. The molecule has 2 atom stereocenters. The molecule has 7 heteroatoms. The highest BCUT2D eigenvalue weighted by molar-refractivity contribution is 6.47. The minimum absolute atomic E-state index is 0.0195. The molecular formula is C23H21Cl2NO4. The van der Waals surface area contributed by atoms with Crippen LogP contribution in [0.5, 0.6) is 0 Å². The molecule has 156 valence electrons. The fourth-order valence-corrected chi connectivity index (χ4v) is 4.50. The lowest BCUT2D eigenvalue weighted by Gasteiger charge is -2.28. The second kappa shape index (κ2) is 8.42. The number of aliphatic hydroxyl groups is 1. The first kappa shape index (κ1) is 20.9. The zero-order chi connectivity index (χ0) is 21.4. The van der Waals surface area contributed by atoms with Gasteiger partial charge in [-0.15, -0.1) is 0 Å². The monoisotopic (exact) mass is 445 g/mol. The lowest BCUT2D eigenvalue weighted by molar-refractivity contribution is -0.140. The van der Waals surface area contributed by atoms with Crippen molar-refractivity contribution in [3.05, 3.63) is 74.8 Å². The van der Waals surface area contributed by atoms with Gasteiger partial charge in [0.05, 0.1) is 17.7 Å². The number of aliphatic hydroxyl groups excluding tert-OH is 1. The number of ether oxygens (including phenoxy) is 1. The second-order valence-electron chi connectivity index (χ2n) is 7.62. The van der Waals surface area contributed by atoms with Crippen molar-refractivity contribution in [2.75, 3.05) is 13.2 Å². The van der Waals surface area contributed by atoms with Crippen LogP contribution >= 0.6 is 23.2 Å². The van der Waals surface area contributed by atoms with Crippen LogP contribution in [0.4, 0.5) is 0 Å². The molecule has 2 aliphatic heterocycles. The number of benzene rings is 2. The van der Waals surface area contributed by atoms with E-state index in [-0.39, 0.29) is 24.0 Å². The van der Waals surface area contributed by atoms with Gasteiger partial charge in [-0.05, 0) is 37.5 Å². The van der Waals surface area contributed by atoms with E-state index in [0.717, 1.165) is 18.4 Å². The van der Waals surface area contributed by atoms with E-state index in [1.807, 2.05) is 19.1 Å². The fraction of sp³-hybridized carbons (Fsp3) is 0.304. The van der Waals surface area contributed by atoms with Crippen molar-refractivity contribution in [2.45, 2.75) is 31.9 Å². The standard InChI is InChI=1S/C23H21Cl2NO4/c1-13-4-6-14(7-5-13)21(27)19-20(17-9-8-15(24)11-18(17)25)26(23(29)22(19)28)12-16-3-2-10-30-16/h4-9,11,16,20,27H,2-3,10,12H2,1H3/b21-19+. The Hall–Kier alpha value is -2.34. The van der Waals surface area contributed by atoms with E-state index in [9.17, 15) is 14.7 Å². The zero-order valence-electron chi connectivity index (χ0n) is 16.4. The number of rotatable bonds is 4. The molecule has 2 unspecified atom stereocenters. The molecule has 1 N–H and O–H groups in total. The van der Waals surface area contributed by atoms with Crippen LogP contribution in [0.3, 0.4) is 0 Å². The van der Waals surface area contributed by atoms with Gasteiger partial charge in [0.15, 0.2) is 0 Å². The number of carbonyl (C=O) groups excluding carboxylic acids is 2. The summed E-state index contributed by atoms with van der Waals surface area (Å²) in [5.74, 6) is -1.63. The largest absolute Gasteiger partial charge is 0.507 e. The molecule has 0 saturated carbocycles. The average Bonchev–Trinajstić information content (AvgIpc) is 3.31. The summed E-state index contributed by atoms with van der Waals surface area (Å²) in [6.45, 7) is 2.81. The maximum absolute atomic E-state index is 13.0. The number of ketones is 1. The van der Waals surface area contributed by atoms with E-state index in [1.54, 1.807) is 30.3 Å². The van der Waals surface area contributed by atoms with Crippen molar-refractivity contribution in [1.29, 1.82) is 0 Å². The summed E-state index contributed by atoms with van der Waals surface area (Å²) in [6, 6.07) is 11.2. The molecule has 0 spiro atoms. The topological polar surface area (TPSA) is 66.8 Å². The average molecular weight is 446 g/mol. The molecule has 0 aromatic heterocycles. The lowest BCUT2D eigenvalue weighted by Crippen LogP contribution is -2.36. The van der Waals surface area contributed by atoms with E-state index in [0.29, 0.717) is 27.8 Å². The molecule has 1 amide bonds. The molecule has 2 fully saturated rings. The van der Waals surface area contributed by atoms with Crippen molar-refractivity contribution in [1.82, 2.24) is 4.90 Å². The Morgan fingerprint density at radius 2 is 1.90 bits per heavy atom. The van der Waals surface area contributed by atoms with Gasteiger partial charge in [-0.2, -0.15) is 0 Å². The zero-order valence-corrected chi connectivity index (χ0v) is 17.9. The third-order valence-corrected chi connectivity index (χ3v) is 6.11. The van der Waals surface area contributed by atoms with Gasteiger partial charge in [0.1, 0.15) is 5.76 Å². The number of amides is 1. The van der Waals surface area contributed by atoms with Crippen LogP contribution in [0.2, 0.25) is 10.0 Å². The van der Waals surface area contributed by atoms with Crippen LogP contribution in [-0.2, 0) is 14.3 Å². The predicted molar refractivity (Wildman–Crippen MR) is 116 cm³/mol. The van der Waals surface area contributed by atoms with Crippen molar-refractivity contribution in [2.24, 2.45) is 0 Å². The molecule has 2 heterocycles. The Kier molecular flexibility index (Phi) is 5.87. The van der Waals surface area contributed by atoms with Crippen LogP contribution < -0.4 is 0 Å². The summed E-state index contributed by atoms with van der Waals surface area (Å²) in [4.78, 5) is 27.4. The van der Waals surface area contributed by atoms with Gasteiger partial charge in [0.25, 0.3) is 11.7 Å². The van der Waals surface area contributed by atoms with Crippen LogP contribution in [0.25, 0.3) is 5.76 Å². The SMILES string of the molecule is Cc1ccc(/C(O)=C2\C(=O)C(=O)N(CC3CCCO3)C2c2ccc(Cl)cc2Cl)cc1. The third-order valence-electron chi connectivity index (χ3n) is 5.55. The number of aryl methyl sites for hydroxylation is 1. The Labute approximate surface area is 184 Å². The molecule has 0 radical (unpaired) electrons. The Balaban J connectivity index is 1.85. The predicted octanol–water partition coefficient (Wildman–Crippen LogP) is 4.90. The minimum Gasteiger partial charge on any atom is -0.507 e. The van der Waals surface area contributed by atoms with E-state index in [2.05, 4.69) is 0 Å². The van der Waals surface area contributed by atoms with E-state index < -0.39 is 17.7 Å². The lowest BCUT2D eigenvalue weighted by atomic mass is 9.95. The normalized spacial score (nSPS) is 23.4. The highest BCUT2D eigenvalue weighted by atomic mass is 35.5. The maximum atomic E-state index is 13.0. The molecule has 5 nitrogen and oxygen atoms in total. The van der Waals surface area contributed by atoms with E-state index >= 15 is 0 Å². The molecule has 2 aromatic rings. The van der Waals surface area contributed by atoms with E-state index in [4.69, 9.17) is 27.9 Å². The molecule has 0 aliphatic carbocycles. The second-order valence-corrected chi connectivity index (χ2v) is 8.46. The number of likely N-dealkylation sites (tertiary alicyclic amines) is 1. The summed E-state index contributed by atoms with van der Waals surface area (Å²) >= 11 is 12.5. The third kappa shape index (κ3) is 3.85. The van der Waals surface area contributed by atoms with Crippen LogP contribution in [0.15, 0.2) is 48.0 Å². The van der Waals surface area contributed by atoms with Crippen molar-refractivity contribution >= 4 is 40.7 Å². The van der Waals surface area contributed by atoms with Crippen LogP contribution in [-0.4, -0.2) is 41.0 Å². The minimum atomic E-state index is -0.819. The first-order valence-electron chi connectivity index (χ1n) is 9.79. The van der Waals surface area contributed by atoms with Crippen molar-refractivity contribution in [3.63, 3.8) is 0 Å². The van der Waals surface area contributed by atoms with Gasteiger partial charge in [-0.1, -0.05) is 59.1 Å². The molecule has 2 saturated heterocycles. The van der Waals surface area contributed by atoms with E-state index in [1.165, 1.54) is 4.90 Å². The molecule has 2 aliphatic rings. The first-order chi connectivity index (χ1) is 14.4.